The van der Waals surface area contributed by atoms with Gasteiger partial charge in [-0.05, 0) is 25.4 Å². The molecule has 0 radical (unpaired) electrons. The average molecular weight is 184 g/mol. The van der Waals surface area contributed by atoms with Crippen molar-refractivity contribution in [2.45, 2.75) is 20.3 Å². The molecule has 0 bridgehead atoms. The summed E-state index contributed by atoms with van der Waals surface area (Å²) < 4.78 is 0. The number of nitrogens with one attached hydrogen (secondary N) is 1. The van der Waals surface area contributed by atoms with Gasteiger partial charge in [0.15, 0.2) is 0 Å². The highest BCUT2D eigenvalue weighted by Crippen LogP contribution is 2.11. The lowest BCUT2D eigenvalue weighted by atomic mass is 10.1. The molecule has 68 valence electrons. The molecule has 1 unspecified atom stereocenters. The summed E-state index contributed by atoms with van der Waals surface area (Å²) in [7, 11) is 0. The summed E-state index contributed by atoms with van der Waals surface area (Å²) >= 11 is 1.75. The Morgan fingerprint density at radius 1 is 1.67 bits per heavy atom. The molecule has 0 amide bonds. The van der Waals surface area contributed by atoms with Gasteiger partial charge in [0.2, 0.25) is 0 Å². The average Bonchev–Trinajstić information content (AvgIpc) is 2.53. The van der Waals surface area contributed by atoms with E-state index >= 15 is 0 Å². The van der Waals surface area contributed by atoms with E-state index < -0.39 is 0 Å². The third kappa shape index (κ3) is 3.32. The van der Waals surface area contributed by atoms with Crippen LogP contribution in [0.1, 0.15) is 18.7 Å². The Labute approximate surface area is 78.0 Å². The normalized spacial score (nSPS) is 13.2. The van der Waals surface area contributed by atoms with Crippen molar-refractivity contribution in [2.75, 3.05) is 13.1 Å². The first kappa shape index (κ1) is 9.68. The molecule has 1 aromatic heterocycles. The van der Waals surface area contributed by atoms with Gasteiger partial charge in [-0.25, -0.2) is 0 Å². The topological polar surface area (TPSA) is 24.9 Å². The second kappa shape index (κ2) is 5.27. The number of rotatable bonds is 5. The molecule has 0 saturated heterocycles. The van der Waals surface area contributed by atoms with Crippen LogP contribution in [0.15, 0.2) is 11.7 Å². The Morgan fingerprint density at radius 2 is 2.50 bits per heavy atom. The van der Waals surface area contributed by atoms with Crippen LogP contribution in [0.3, 0.4) is 0 Å². The van der Waals surface area contributed by atoms with Gasteiger partial charge in [0.05, 0.1) is 5.51 Å². The Kier molecular flexibility index (Phi) is 4.25. The van der Waals surface area contributed by atoms with Crippen molar-refractivity contribution < 1.29 is 0 Å². The minimum atomic E-state index is 0.713. The first-order valence-electron chi connectivity index (χ1n) is 4.41. The van der Waals surface area contributed by atoms with Crippen LogP contribution in [0, 0.1) is 5.92 Å². The molecule has 0 aliphatic heterocycles. The van der Waals surface area contributed by atoms with Gasteiger partial charge in [0, 0.05) is 11.1 Å². The van der Waals surface area contributed by atoms with Gasteiger partial charge in [-0.15, -0.1) is 11.3 Å². The fourth-order valence-corrected chi connectivity index (χ4v) is 1.91. The maximum Gasteiger partial charge on any atom is 0.0794 e. The molecule has 0 spiro atoms. The largest absolute Gasteiger partial charge is 0.317 e. The van der Waals surface area contributed by atoms with Crippen molar-refractivity contribution in [1.82, 2.24) is 10.3 Å². The molecular weight excluding hydrogens is 168 g/mol. The molecule has 1 rings (SSSR count). The summed E-state index contributed by atoms with van der Waals surface area (Å²) in [6, 6.07) is 0. The van der Waals surface area contributed by atoms with Crippen molar-refractivity contribution in [3.05, 3.63) is 16.6 Å². The molecule has 2 nitrogen and oxygen atoms in total. The van der Waals surface area contributed by atoms with Gasteiger partial charge < -0.3 is 5.32 Å². The molecule has 0 aliphatic rings. The van der Waals surface area contributed by atoms with Crippen LogP contribution in [0.2, 0.25) is 0 Å². The van der Waals surface area contributed by atoms with Gasteiger partial charge in [0.25, 0.3) is 0 Å². The Hall–Kier alpha value is -0.410. The zero-order valence-corrected chi connectivity index (χ0v) is 8.53. The number of hydrogen-bond donors (Lipinski definition) is 1. The van der Waals surface area contributed by atoms with Crippen LogP contribution in [0.5, 0.6) is 0 Å². The summed E-state index contributed by atoms with van der Waals surface area (Å²) in [5, 5.41) is 3.34. The van der Waals surface area contributed by atoms with Gasteiger partial charge in [-0.2, -0.15) is 0 Å². The highest BCUT2D eigenvalue weighted by molar-refractivity contribution is 7.09. The maximum atomic E-state index is 4.05. The Bertz CT molecular complexity index is 196. The second-order valence-corrected chi connectivity index (χ2v) is 4.06. The van der Waals surface area contributed by atoms with Gasteiger partial charge in [0.1, 0.15) is 0 Å². The molecule has 1 N–H and O–H groups in total. The van der Waals surface area contributed by atoms with E-state index in [1.807, 2.05) is 11.7 Å². The molecule has 1 atom stereocenters. The third-order valence-electron chi connectivity index (χ3n) is 1.78. The predicted octanol–water partition coefficient (Wildman–Crippen LogP) is 1.93. The summed E-state index contributed by atoms with van der Waals surface area (Å²) in [6.45, 7) is 6.57. The predicted molar refractivity (Wildman–Crippen MR) is 53.5 cm³/mol. The van der Waals surface area contributed by atoms with E-state index in [4.69, 9.17) is 0 Å². The quantitative estimate of drug-likeness (QED) is 0.756. The molecule has 12 heavy (non-hydrogen) atoms. The molecule has 3 heteroatoms. The summed E-state index contributed by atoms with van der Waals surface area (Å²) in [4.78, 5) is 5.44. The molecule has 0 aliphatic carbocycles. The van der Waals surface area contributed by atoms with E-state index in [1.54, 1.807) is 11.3 Å². The molecule has 1 aromatic rings. The number of nitrogens with zero attached hydrogens (tertiary/aromatic N) is 1. The van der Waals surface area contributed by atoms with Crippen LogP contribution in [0.25, 0.3) is 0 Å². The van der Waals surface area contributed by atoms with Crippen molar-refractivity contribution in [3.63, 3.8) is 0 Å². The minimum Gasteiger partial charge on any atom is -0.317 e. The van der Waals surface area contributed by atoms with Crippen LogP contribution in [-0.2, 0) is 6.42 Å². The molecule has 1 heterocycles. The SMILES string of the molecule is CCNCC(C)Cc1cncs1. The van der Waals surface area contributed by atoms with Crippen molar-refractivity contribution in [1.29, 1.82) is 0 Å². The van der Waals surface area contributed by atoms with Crippen LogP contribution in [-0.4, -0.2) is 18.1 Å². The third-order valence-corrected chi connectivity index (χ3v) is 2.58. The van der Waals surface area contributed by atoms with Crippen LogP contribution >= 0.6 is 11.3 Å². The summed E-state index contributed by atoms with van der Waals surface area (Å²) in [6.07, 6.45) is 3.12. The molecule has 0 aromatic carbocycles. The zero-order chi connectivity index (χ0) is 8.81. The monoisotopic (exact) mass is 184 g/mol. The standard InChI is InChI=1S/C9H16N2S/c1-3-10-5-8(2)4-9-6-11-7-12-9/h6-8,10H,3-5H2,1-2H3. The lowest BCUT2D eigenvalue weighted by Gasteiger charge is -2.09. The summed E-state index contributed by atoms with van der Waals surface area (Å²) in [5.41, 5.74) is 1.90. The lowest BCUT2D eigenvalue weighted by molar-refractivity contribution is 0.524. The fourth-order valence-electron chi connectivity index (χ4n) is 1.15. The molecule has 0 fully saturated rings. The van der Waals surface area contributed by atoms with Gasteiger partial charge in [-0.3, -0.25) is 4.98 Å². The van der Waals surface area contributed by atoms with E-state index in [1.165, 1.54) is 4.88 Å². The van der Waals surface area contributed by atoms with Crippen molar-refractivity contribution in [3.8, 4) is 0 Å². The Balaban J connectivity index is 2.22. The summed E-state index contributed by atoms with van der Waals surface area (Å²) in [5.74, 6) is 0.713. The Morgan fingerprint density at radius 3 is 3.08 bits per heavy atom. The fraction of sp³-hybridized carbons (Fsp3) is 0.667. The van der Waals surface area contributed by atoms with Crippen LogP contribution < -0.4 is 5.32 Å². The van der Waals surface area contributed by atoms with Gasteiger partial charge in [-0.1, -0.05) is 13.8 Å². The first-order valence-corrected chi connectivity index (χ1v) is 5.29. The van der Waals surface area contributed by atoms with E-state index in [0.29, 0.717) is 5.92 Å². The molecule has 0 saturated carbocycles. The van der Waals surface area contributed by atoms with Crippen molar-refractivity contribution >= 4 is 11.3 Å². The maximum absolute atomic E-state index is 4.05. The number of thiazole rings is 1. The van der Waals surface area contributed by atoms with Gasteiger partial charge >= 0.3 is 0 Å². The first-order chi connectivity index (χ1) is 5.83. The zero-order valence-electron chi connectivity index (χ0n) is 7.71. The molecular formula is C9H16N2S. The second-order valence-electron chi connectivity index (χ2n) is 3.08. The van der Waals surface area contributed by atoms with E-state index in [-0.39, 0.29) is 0 Å². The van der Waals surface area contributed by atoms with Crippen LogP contribution in [0.4, 0.5) is 0 Å². The highest BCUT2D eigenvalue weighted by Gasteiger charge is 2.03. The van der Waals surface area contributed by atoms with E-state index in [0.717, 1.165) is 19.5 Å². The smallest absolute Gasteiger partial charge is 0.0794 e. The van der Waals surface area contributed by atoms with Crippen molar-refractivity contribution in [2.24, 2.45) is 5.92 Å². The lowest BCUT2D eigenvalue weighted by Crippen LogP contribution is -2.21. The number of aromatic nitrogens is 1. The van der Waals surface area contributed by atoms with E-state index in [2.05, 4.69) is 24.1 Å². The highest BCUT2D eigenvalue weighted by atomic mass is 32.1. The van der Waals surface area contributed by atoms with E-state index in [9.17, 15) is 0 Å². The minimum absolute atomic E-state index is 0.713. The number of hydrogen-bond acceptors (Lipinski definition) is 3.